The van der Waals surface area contributed by atoms with Crippen LogP contribution < -0.4 is 10.1 Å². The van der Waals surface area contributed by atoms with E-state index in [9.17, 15) is 0 Å². The fourth-order valence-electron chi connectivity index (χ4n) is 3.26. The number of rotatable bonds is 1. The Morgan fingerprint density at radius 3 is 2.70 bits per heavy atom. The number of fused-ring (bicyclic) bond motifs is 2. The topological polar surface area (TPSA) is 21.3 Å². The van der Waals surface area contributed by atoms with Crippen LogP contribution in [0.1, 0.15) is 25.0 Å². The van der Waals surface area contributed by atoms with Crippen molar-refractivity contribution in [3.8, 4) is 16.9 Å². The number of hydrogen-bond acceptors (Lipinski definition) is 2. The summed E-state index contributed by atoms with van der Waals surface area (Å²) in [5.41, 5.74) is 6.53. The molecule has 2 nitrogen and oxygen atoms in total. The first-order valence-corrected chi connectivity index (χ1v) is 7.30. The molecular weight excluding hydrogens is 246 g/mol. The predicted molar refractivity (Wildman–Crippen MR) is 82.5 cm³/mol. The van der Waals surface area contributed by atoms with Crippen LogP contribution in [0.4, 0.5) is 5.69 Å². The van der Waals surface area contributed by atoms with E-state index < -0.39 is 0 Å². The zero-order chi connectivity index (χ0) is 13.7. The fourth-order valence-corrected chi connectivity index (χ4v) is 3.26. The summed E-state index contributed by atoms with van der Waals surface area (Å²) in [6.45, 7) is 5.35. The Morgan fingerprint density at radius 1 is 1.00 bits per heavy atom. The van der Waals surface area contributed by atoms with E-state index in [1.807, 2.05) is 0 Å². The minimum atomic E-state index is -0.0690. The molecule has 0 saturated carbocycles. The second kappa shape index (κ2) is 4.02. The highest BCUT2D eigenvalue weighted by atomic mass is 16.5. The van der Waals surface area contributed by atoms with E-state index in [0.29, 0.717) is 0 Å². The normalized spacial score (nSPS) is 18.1. The van der Waals surface area contributed by atoms with Gasteiger partial charge in [0.15, 0.2) is 0 Å². The molecule has 20 heavy (non-hydrogen) atoms. The molecule has 0 spiro atoms. The average Bonchev–Trinajstić information content (AvgIpc) is 2.98. The van der Waals surface area contributed by atoms with Gasteiger partial charge in [-0.3, -0.25) is 0 Å². The predicted octanol–water partition coefficient (Wildman–Crippen LogP) is 4.04. The van der Waals surface area contributed by atoms with Gasteiger partial charge in [0.25, 0.3) is 0 Å². The lowest BCUT2D eigenvalue weighted by atomic mass is 9.97. The highest BCUT2D eigenvalue weighted by molar-refractivity contribution is 5.72. The number of benzene rings is 2. The lowest BCUT2D eigenvalue weighted by Crippen LogP contribution is -2.24. The Kier molecular flexibility index (Phi) is 2.38. The molecule has 0 saturated heterocycles. The van der Waals surface area contributed by atoms with Gasteiger partial charge in [0.05, 0.1) is 0 Å². The van der Waals surface area contributed by atoms with Crippen LogP contribution in [0, 0.1) is 0 Å². The summed E-state index contributed by atoms with van der Waals surface area (Å²) in [6, 6.07) is 13.3. The standard InChI is InChI=1S/C18H19NO/c1-18(2)11-15-9-13(5-6-17(15)20-18)14-4-3-12-7-8-19-16(12)10-14/h3-6,9-10,19H,7-8,11H2,1-2H3. The van der Waals surface area contributed by atoms with Gasteiger partial charge in [-0.2, -0.15) is 0 Å². The summed E-state index contributed by atoms with van der Waals surface area (Å²) in [7, 11) is 0. The largest absolute Gasteiger partial charge is 0.487 e. The van der Waals surface area contributed by atoms with Crippen LogP contribution >= 0.6 is 0 Å². The minimum absolute atomic E-state index is 0.0690. The highest BCUT2D eigenvalue weighted by Crippen LogP contribution is 2.38. The first-order chi connectivity index (χ1) is 9.61. The maximum absolute atomic E-state index is 5.95. The molecule has 0 aromatic heterocycles. The number of ether oxygens (including phenoxy) is 1. The molecule has 1 N–H and O–H groups in total. The molecule has 4 rings (SSSR count). The molecule has 0 atom stereocenters. The van der Waals surface area contributed by atoms with Gasteiger partial charge >= 0.3 is 0 Å². The van der Waals surface area contributed by atoms with Crippen LogP contribution in [0.2, 0.25) is 0 Å². The van der Waals surface area contributed by atoms with Crippen molar-refractivity contribution >= 4 is 5.69 Å². The van der Waals surface area contributed by atoms with E-state index in [0.717, 1.165) is 25.1 Å². The summed E-state index contributed by atoms with van der Waals surface area (Å²) in [5.74, 6) is 1.04. The summed E-state index contributed by atoms with van der Waals surface area (Å²) in [5, 5.41) is 3.45. The lowest BCUT2D eigenvalue weighted by Gasteiger charge is -2.16. The summed E-state index contributed by atoms with van der Waals surface area (Å²) < 4.78 is 5.95. The molecule has 2 aromatic carbocycles. The smallest absolute Gasteiger partial charge is 0.123 e. The lowest BCUT2D eigenvalue weighted by molar-refractivity contribution is 0.138. The molecule has 2 aromatic rings. The van der Waals surface area contributed by atoms with Crippen molar-refractivity contribution in [1.82, 2.24) is 0 Å². The molecule has 0 aliphatic carbocycles. The number of anilines is 1. The fraction of sp³-hybridized carbons (Fsp3) is 0.333. The van der Waals surface area contributed by atoms with Crippen LogP contribution in [-0.2, 0) is 12.8 Å². The zero-order valence-electron chi connectivity index (χ0n) is 12.0. The van der Waals surface area contributed by atoms with Gasteiger partial charge in [-0.15, -0.1) is 0 Å². The first-order valence-electron chi connectivity index (χ1n) is 7.30. The van der Waals surface area contributed by atoms with Gasteiger partial charge in [-0.05, 0) is 60.7 Å². The molecule has 2 aliphatic heterocycles. The number of nitrogens with one attached hydrogen (secondary N) is 1. The molecule has 102 valence electrons. The molecule has 2 heterocycles. The van der Waals surface area contributed by atoms with E-state index in [-0.39, 0.29) is 5.60 Å². The highest BCUT2D eigenvalue weighted by Gasteiger charge is 2.30. The van der Waals surface area contributed by atoms with Crippen molar-refractivity contribution in [1.29, 1.82) is 0 Å². The van der Waals surface area contributed by atoms with Crippen LogP contribution in [0.5, 0.6) is 5.75 Å². The molecule has 0 unspecified atom stereocenters. The quantitative estimate of drug-likeness (QED) is 0.840. The van der Waals surface area contributed by atoms with Crippen molar-refractivity contribution in [3.63, 3.8) is 0 Å². The van der Waals surface area contributed by atoms with E-state index in [4.69, 9.17) is 4.74 Å². The molecule has 0 radical (unpaired) electrons. The van der Waals surface area contributed by atoms with Gasteiger partial charge in [-0.25, -0.2) is 0 Å². The third-order valence-electron chi connectivity index (χ3n) is 4.22. The van der Waals surface area contributed by atoms with Crippen molar-refractivity contribution in [3.05, 3.63) is 47.5 Å². The van der Waals surface area contributed by atoms with Gasteiger partial charge < -0.3 is 10.1 Å². The molecular formula is C18H19NO. The average molecular weight is 265 g/mol. The Balaban J connectivity index is 1.74. The van der Waals surface area contributed by atoms with Crippen LogP contribution in [0.25, 0.3) is 11.1 Å². The molecule has 0 fully saturated rings. The summed E-state index contributed by atoms with van der Waals surface area (Å²) >= 11 is 0. The third-order valence-corrected chi connectivity index (χ3v) is 4.22. The van der Waals surface area contributed by atoms with E-state index in [1.54, 1.807) is 0 Å². The van der Waals surface area contributed by atoms with Gasteiger partial charge in [-0.1, -0.05) is 18.2 Å². The van der Waals surface area contributed by atoms with Gasteiger partial charge in [0, 0.05) is 18.7 Å². The maximum Gasteiger partial charge on any atom is 0.123 e. The first kappa shape index (κ1) is 11.8. The Labute approximate surface area is 119 Å². The van der Waals surface area contributed by atoms with Crippen molar-refractivity contribution in [2.45, 2.75) is 32.3 Å². The molecule has 2 aliphatic rings. The zero-order valence-corrected chi connectivity index (χ0v) is 12.0. The summed E-state index contributed by atoms with van der Waals surface area (Å²) in [4.78, 5) is 0. The Bertz CT molecular complexity index is 688. The second-order valence-corrected chi connectivity index (χ2v) is 6.41. The van der Waals surface area contributed by atoms with Gasteiger partial charge in [0.1, 0.15) is 11.4 Å². The van der Waals surface area contributed by atoms with Crippen molar-refractivity contribution < 1.29 is 4.74 Å². The minimum Gasteiger partial charge on any atom is -0.487 e. The molecule has 0 amide bonds. The summed E-state index contributed by atoms with van der Waals surface area (Å²) in [6.07, 6.45) is 2.13. The maximum atomic E-state index is 5.95. The third kappa shape index (κ3) is 1.87. The second-order valence-electron chi connectivity index (χ2n) is 6.41. The van der Waals surface area contributed by atoms with Crippen LogP contribution in [0.3, 0.4) is 0 Å². The monoisotopic (exact) mass is 265 g/mol. The number of hydrogen-bond donors (Lipinski definition) is 1. The Hall–Kier alpha value is -1.96. The molecule has 0 bridgehead atoms. The Morgan fingerprint density at radius 2 is 1.80 bits per heavy atom. The SMILES string of the molecule is CC1(C)Cc2cc(-c3ccc4c(c3)NCC4)ccc2O1. The van der Waals surface area contributed by atoms with Crippen molar-refractivity contribution in [2.75, 3.05) is 11.9 Å². The van der Waals surface area contributed by atoms with Gasteiger partial charge in [0.2, 0.25) is 0 Å². The van der Waals surface area contributed by atoms with E-state index >= 15 is 0 Å². The van der Waals surface area contributed by atoms with Crippen LogP contribution in [-0.4, -0.2) is 12.1 Å². The van der Waals surface area contributed by atoms with E-state index in [1.165, 1.54) is 27.9 Å². The van der Waals surface area contributed by atoms with E-state index in [2.05, 4.69) is 55.6 Å². The van der Waals surface area contributed by atoms with Crippen LogP contribution in [0.15, 0.2) is 36.4 Å². The van der Waals surface area contributed by atoms with Crippen molar-refractivity contribution in [2.24, 2.45) is 0 Å². The molecule has 2 heteroatoms.